The van der Waals surface area contributed by atoms with E-state index in [1.54, 1.807) is 11.3 Å². The Morgan fingerprint density at radius 2 is 2.11 bits per heavy atom. The fourth-order valence-electron chi connectivity index (χ4n) is 3.44. The van der Waals surface area contributed by atoms with Gasteiger partial charge in [0, 0.05) is 11.4 Å². The number of carbonyl (C=O) groups is 1. The Morgan fingerprint density at radius 3 is 2.85 bits per heavy atom. The quantitative estimate of drug-likeness (QED) is 0.421. The summed E-state index contributed by atoms with van der Waals surface area (Å²) in [7, 11) is 1.43. The van der Waals surface area contributed by atoms with Crippen LogP contribution in [0.3, 0.4) is 0 Å². The molecule has 0 saturated carbocycles. The molecule has 144 valence electrons. The van der Waals surface area contributed by atoms with E-state index in [-0.39, 0.29) is 5.97 Å². The van der Waals surface area contributed by atoms with Gasteiger partial charge < -0.3 is 15.4 Å². The molecule has 0 spiro atoms. The largest absolute Gasteiger partial charge is 0.465 e. The number of nitrogens with one attached hydrogen (secondary N) is 2. The number of fused-ring (bicyclic) bond motifs is 1. The first kappa shape index (κ1) is 19.8. The average molecular weight is 403 g/mol. The lowest BCUT2D eigenvalue weighted by Gasteiger charge is -2.18. The molecular weight excluding hydrogens is 376 g/mol. The number of methoxy groups -OCH3 is 1. The molecule has 2 aromatic rings. The van der Waals surface area contributed by atoms with Crippen molar-refractivity contribution in [2.75, 3.05) is 19.0 Å². The van der Waals surface area contributed by atoms with Gasteiger partial charge in [0.25, 0.3) is 0 Å². The molecule has 1 aliphatic rings. The molecule has 0 aliphatic heterocycles. The molecule has 0 saturated heterocycles. The number of aryl methyl sites for hydroxylation is 1. The Kier molecular flexibility index (Phi) is 6.85. The molecule has 1 atom stereocenters. The maximum atomic E-state index is 12.3. The third-order valence-electron chi connectivity index (χ3n) is 4.90. The van der Waals surface area contributed by atoms with Gasteiger partial charge in [0.15, 0.2) is 5.11 Å². The van der Waals surface area contributed by atoms with E-state index in [2.05, 4.69) is 41.8 Å². The SMILES string of the molecule is COC(=O)c1c(NC(=S)NCCCc2ccccc2)sc2c1CCC(C)C2. The summed E-state index contributed by atoms with van der Waals surface area (Å²) in [5.41, 5.74) is 3.13. The van der Waals surface area contributed by atoms with E-state index in [9.17, 15) is 4.79 Å². The minimum atomic E-state index is -0.281. The minimum absolute atomic E-state index is 0.281. The average Bonchev–Trinajstić information content (AvgIpc) is 3.02. The number of carbonyl (C=O) groups excluding carboxylic acids is 1. The Hall–Kier alpha value is -1.92. The highest BCUT2D eigenvalue weighted by molar-refractivity contribution is 7.80. The summed E-state index contributed by atoms with van der Waals surface area (Å²) in [6.45, 7) is 3.04. The normalized spacial score (nSPS) is 15.7. The van der Waals surface area contributed by atoms with Gasteiger partial charge >= 0.3 is 5.97 Å². The van der Waals surface area contributed by atoms with Gasteiger partial charge in [-0.25, -0.2) is 4.79 Å². The van der Waals surface area contributed by atoms with Gasteiger partial charge in [-0.1, -0.05) is 37.3 Å². The molecule has 0 radical (unpaired) electrons. The molecule has 2 N–H and O–H groups in total. The molecule has 4 nitrogen and oxygen atoms in total. The van der Waals surface area contributed by atoms with Gasteiger partial charge in [0.2, 0.25) is 0 Å². The van der Waals surface area contributed by atoms with Crippen molar-refractivity contribution in [3.8, 4) is 0 Å². The highest BCUT2D eigenvalue weighted by Crippen LogP contribution is 2.39. The maximum absolute atomic E-state index is 12.3. The van der Waals surface area contributed by atoms with Crippen molar-refractivity contribution >= 4 is 39.6 Å². The molecular formula is C21H26N2O2S2. The molecule has 1 aromatic heterocycles. The van der Waals surface area contributed by atoms with E-state index < -0.39 is 0 Å². The van der Waals surface area contributed by atoms with Gasteiger partial charge in [0.1, 0.15) is 5.00 Å². The van der Waals surface area contributed by atoms with Crippen molar-refractivity contribution in [1.29, 1.82) is 0 Å². The monoisotopic (exact) mass is 402 g/mol. The Balaban J connectivity index is 1.59. The van der Waals surface area contributed by atoms with Crippen LogP contribution in [0.1, 0.15) is 46.1 Å². The van der Waals surface area contributed by atoms with Crippen molar-refractivity contribution in [3.05, 3.63) is 51.9 Å². The van der Waals surface area contributed by atoms with E-state index in [4.69, 9.17) is 17.0 Å². The third-order valence-corrected chi connectivity index (χ3v) is 6.32. The molecule has 1 heterocycles. The summed E-state index contributed by atoms with van der Waals surface area (Å²) >= 11 is 7.08. The van der Waals surface area contributed by atoms with E-state index in [1.807, 2.05) is 6.07 Å². The van der Waals surface area contributed by atoms with Crippen LogP contribution in [0, 0.1) is 5.92 Å². The Bertz CT molecular complexity index is 802. The van der Waals surface area contributed by atoms with Crippen LogP contribution >= 0.6 is 23.6 Å². The van der Waals surface area contributed by atoms with E-state index in [0.717, 1.165) is 49.2 Å². The zero-order chi connectivity index (χ0) is 19.2. The number of esters is 1. The summed E-state index contributed by atoms with van der Waals surface area (Å²) in [4.78, 5) is 13.6. The topological polar surface area (TPSA) is 50.4 Å². The zero-order valence-electron chi connectivity index (χ0n) is 15.8. The summed E-state index contributed by atoms with van der Waals surface area (Å²) in [6, 6.07) is 10.4. The fraction of sp³-hybridized carbons (Fsp3) is 0.429. The second-order valence-corrected chi connectivity index (χ2v) is 8.53. The van der Waals surface area contributed by atoms with Gasteiger partial charge in [-0.15, -0.1) is 11.3 Å². The summed E-state index contributed by atoms with van der Waals surface area (Å²) in [6.07, 6.45) is 5.05. The standard InChI is InChI=1S/C21H26N2O2S2/c1-14-10-11-16-17(13-14)27-19(18(16)20(24)25-2)23-21(26)22-12-6-9-15-7-4-3-5-8-15/h3-5,7-8,14H,6,9-13H2,1-2H3,(H2,22,23,26). The van der Waals surface area contributed by atoms with E-state index in [1.165, 1.54) is 17.6 Å². The Labute approximate surface area is 170 Å². The van der Waals surface area contributed by atoms with Crippen LogP contribution in [0.15, 0.2) is 30.3 Å². The number of benzene rings is 1. The number of rotatable bonds is 6. The number of ether oxygens (including phenoxy) is 1. The third kappa shape index (κ3) is 5.08. The predicted octanol–water partition coefficient (Wildman–Crippen LogP) is 4.58. The zero-order valence-corrected chi connectivity index (χ0v) is 17.5. The van der Waals surface area contributed by atoms with Crippen molar-refractivity contribution < 1.29 is 9.53 Å². The number of hydrogen-bond acceptors (Lipinski definition) is 4. The highest BCUT2D eigenvalue weighted by Gasteiger charge is 2.28. The lowest BCUT2D eigenvalue weighted by Crippen LogP contribution is -2.29. The van der Waals surface area contributed by atoms with Crippen LogP contribution < -0.4 is 10.6 Å². The Morgan fingerprint density at radius 1 is 1.33 bits per heavy atom. The lowest BCUT2D eigenvalue weighted by molar-refractivity contribution is 0.0601. The van der Waals surface area contributed by atoms with Crippen LogP contribution in [0.5, 0.6) is 0 Å². The summed E-state index contributed by atoms with van der Waals surface area (Å²) in [5.74, 6) is 0.369. The molecule has 1 unspecified atom stereocenters. The maximum Gasteiger partial charge on any atom is 0.341 e. The molecule has 6 heteroatoms. The smallest absolute Gasteiger partial charge is 0.341 e. The second kappa shape index (κ2) is 9.33. The molecule has 0 fully saturated rings. The molecule has 1 aliphatic carbocycles. The molecule has 0 amide bonds. The van der Waals surface area contributed by atoms with Crippen molar-refractivity contribution in [1.82, 2.24) is 5.32 Å². The molecule has 1 aromatic carbocycles. The van der Waals surface area contributed by atoms with Crippen LogP contribution in [0.2, 0.25) is 0 Å². The van der Waals surface area contributed by atoms with Gasteiger partial charge in [-0.05, 0) is 61.4 Å². The van der Waals surface area contributed by atoms with E-state index in [0.29, 0.717) is 16.6 Å². The van der Waals surface area contributed by atoms with Crippen LogP contribution in [0.4, 0.5) is 5.00 Å². The number of thiophene rings is 1. The summed E-state index contributed by atoms with van der Waals surface area (Å²) in [5, 5.41) is 7.85. The fourth-order valence-corrected chi connectivity index (χ4v) is 5.12. The first-order valence-electron chi connectivity index (χ1n) is 9.40. The second-order valence-electron chi connectivity index (χ2n) is 7.02. The van der Waals surface area contributed by atoms with E-state index >= 15 is 0 Å². The minimum Gasteiger partial charge on any atom is -0.465 e. The first-order chi connectivity index (χ1) is 13.1. The summed E-state index contributed by atoms with van der Waals surface area (Å²) < 4.78 is 5.02. The van der Waals surface area contributed by atoms with Crippen LogP contribution in [-0.4, -0.2) is 24.7 Å². The van der Waals surface area contributed by atoms with Crippen LogP contribution in [-0.2, 0) is 24.0 Å². The predicted molar refractivity (Wildman–Crippen MR) is 116 cm³/mol. The van der Waals surface area contributed by atoms with Gasteiger partial charge in [0.05, 0.1) is 12.7 Å². The first-order valence-corrected chi connectivity index (χ1v) is 10.6. The van der Waals surface area contributed by atoms with Gasteiger partial charge in [-0.2, -0.15) is 0 Å². The van der Waals surface area contributed by atoms with Crippen LogP contribution in [0.25, 0.3) is 0 Å². The van der Waals surface area contributed by atoms with Crippen molar-refractivity contribution in [2.24, 2.45) is 5.92 Å². The number of anilines is 1. The number of thiocarbonyl (C=S) groups is 1. The highest BCUT2D eigenvalue weighted by atomic mass is 32.1. The number of hydrogen-bond donors (Lipinski definition) is 2. The van der Waals surface area contributed by atoms with Crippen molar-refractivity contribution in [2.45, 2.75) is 39.0 Å². The van der Waals surface area contributed by atoms with Crippen molar-refractivity contribution in [3.63, 3.8) is 0 Å². The van der Waals surface area contributed by atoms with Gasteiger partial charge in [-0.3, -0.25) is 0 Å². The molecule has 27 heavy (non-hydrogen) atoms. The lowest BCUT2D eigenvalue weighted by atomic mass is 9.88. The molecule has 0 bridgehead atoms. The molecule has 3 rings (SSSR count).